The van der Waals surface area contributed by atoms with E-state index < -0.39 is 41.9 Å². The third-order valence-electron chi connectivity index (χ3n) is 3.83. The van der Waals surface area contributed by atoms with E-state index in [1.807, 2.05) is 0 Å². The quantitative estimate of drug-likeness (QED) is 0.424. The van der Waals surface area contributed by atoms with Crippen molar-refractivity contribution in [1.82, 2.24) is 9.55 Å². The zero-order chi connectivity index (χ0) is 15.8. The van der Waals surface area contributed by atoms with Gasteiger partial charge < -0.3 is 25.4 Å². The van der Waals surface area contributed by atoms with Crippen molar-refractivity contribution in [2.75, 3.05) is 19.0 Å². The van der Waals surface area contributed by atoms with Gasteiger partial charge in [0.1, 0.15) is 24.0 Å². The maximum absolute atomic E-state index is 12.1. The Kier molecular flexibility index (Phi) is 4.19. The van der Waals surface area contributed by atoms with E-state index in [0.29, 0.717) is 0 Å². The molecule has 2 rings (SSSR count). The number of ether oxygens (including phenoxy) is 1. The lowest BCUT2D eigenvalue weighted by Crippen LogP contribution is -2.51. The first-order valence-electron chi connectivity index (χ1n) is 6.60. The maximum Gasteiger partial charge on any atom is 0.330 e. The largest absolute Gasteiger partial charge is 0.394 e. The van der Waals surface area contributed by atoms with Crippen LogP contribution in [0.3, 0.4) is 0 Å². The molecular weight excluding hydrogens is 282 g/mol. The fourth-order valence-corrected chi connectivity index (χ4v) is 2.61. The number of hydrogen-bond acceptors (Lipinski definition) is 7. The molecule has 0 aliphatic carbocycles. The van der Waals surface area contributed by atoms with Gasteiger partial charge in [-0.2, -0.15) is 0 Å². The van der Waals surface area contributed by atoms with Crippen LogP contribution in [0.4, 0.5) is 5.69 Å². The van der Waals surface area contributed by atoms with Crippen LogP contribution in [0.15, 0.2) is 15.8 Å². The number of anilines is 1. The summed E-state index contributed by atoms with van der Waals surface area (Å²) in [6.45, 7) is 1.16. The number of aromatic amines is 1. The van der Waals surface area contributed by atoms with Gasteiger partial charge in [-0.15, -0.1) is 0 Å². The van der Waals surface area contributed by atoms with Crippen LogP contribution in [0.1, 0.15) is 13.3 Å². The zero-order valence-electron chi connectivity index (χ0n) is 11.7. The molecule has 1 aromatic rings. The van der Waals surface area contributed by atoms with Crippen molar-refractivity contribution in [3.63, 3.8) is 0 Å². The minimum Gasteiger partial charge on any atom is -0.394 e. The number of aliphatic hydroxyl groups is 3. The number of aromatic nitrogens is 2. The molecule has 9 heteroatoms. The van der Waals surface area contributed by atoms with Crippen LogP contribution in [0, 0.1) is 0 Å². The Morgan fingerprint density at radius 2 is 2.14 bits per heavy atom. The van der Waals surface area contributed by atoms with Crippen LogP contribution in [-0.2, 0) is 10.5 Å². The predicted molar refractivity (Wildman–Crippen MR) is 73.1 cm³/mol. The SMILES string of the molecule is CC[C@@]1(n2cc(NC)c(=O)[nH]c2=O)O[C@H](CO)[C@@H](O)[C@H]1O. The summed E-state index contributed by atoms with van der Waals surface area (Å²) in [5, 5.41) is 32.0. The van der Waals surface area contributed by atoms with E-state index >= 15 is 0 Å². The van der Waals surface area contributed by atoms with Gasteiger partial charge in [-0.1, -0.05) is 6.92 Å². The Morgan fingerprint density at radius 1 is 1.48 bits per heavy atom. The highest BCUT2D eigenvalue weighted by Crippen LogP contribution is 2.37. The lowest BCUT2D eigenvalue weighted by molar-refractivity contribution is -0.152. The van der Waals surface area contributed by atoms with E-state index in [1.165, 1.54) is 13.2 Å². The molecule has 118 valence electrons. The molecule has 1 aliphatic heterocycles. The smallest absolute Gasteiger partial charge is 0.330 e. The van der Waals surface area contributed by atoms with Crippen LogP contribution >= 0.6 is 0 Å². The summed E-state index contributed by atoms with van der Waals surface area (Å²) in [7, 11) is 1.51. The van der Waals surface area contributed by atoms with Gasteiger partial charge in [-0.3, -0.25) is 14.3 Å². The van der Waals surface area contributed by atoms with Gasteiger partial charge in [0.25, 0.3) is 5.56 Å². The second-order valence-electron chi connectivity index (χ2n) is 4.89. The number of nitrogens with one attached hydrogen (secondary N) is 2. The standard InChI is InChI=1S/C12H19N3O6/c1-3-12(9(18)8(17)7(5-16)21-12)15-4-6(13-2)10(19)14-11(15)20/h4,7-9,13,16-18H,3,5H2,1-2H3,(H,14,19,20)/t7-,8-,9-,12-/m1/s1. The van der Waals surface area contributed by atoms with Crippen molar-refractivity contribution < 1.29 is 20.1 Å². The summed E-state index contributed by atoms with van der Waals surface area (Å²) in [4.78, 5) is 25.7. The molecule has 21 heavy (non-hydrogen) atoms. The number of rotatable bonds is 4. The summed E-state index contributed by atoms with van der Waals surface area (Å²) in [6, 6.07) is 0. The average Bonchev–Trinajstić information content (AvgIpc) is 2.72. The molecule has 2 heterocycles. The number of H-pyrrole nitrogens is 1. The second-order valence-corrected chi connectivity index (χ2v) is 4.89. The lowest BCUT2D eigenvalue weighted by Gasteiger charge is -2.33. The van der Waals surface area contributed by atoms with Crippen LogP contribution in [0.25, 0.3) is 0 Å². The molecule has 0 spiro atoms. The van der Waals surface area contributed by atoms with Gasteiger partial charge in [-0.25, -0.2) is 4.79 Å². The Balaban J connectivity index is 2.62. The van der Waals surface area contributed by atoms with Crippen LogP contribution in [-0.4, -0.2) is 56.8 Å². The van der Waals surface area contributed by atoms with Crippen molar-refractivity contribution >= 4 is 5.69 Å². The molecule has 1 aliphatic rings. The van der Waals surface area contributed by atoms with Crippen molar-refractivity contribution in [2.24, 2.45) is 0 Å². The highest BCUT2D eigenvalue weighted by molar-refractivity contribution is 5.37. The van der Waals surface area contributed by atoms with Crippen molar-refractivity contribution in [3.8, 4) is 0 Å². The molecule has 0 amide bonds. The summed E-state index contributed by atoms with van der Waals surface area (Å²) in [5.74, 6) is 0. The second kappa shape index (κ2) is 5.60. The third-order valence-corrected chi connectivity index (χ3v) is 3.83. The van der Waals surface area contributed by atoms with E-state index in [0.717, 1.165) is 4.57 Å². The first kappa shape index (κ1) is 15.7. The van der Waals surface area contributed by atoms with Gasteiger partial charge in [0, 0.05) is 13.2 Å². The van der Waals surface area contributed by atoms with E-state index in [2.05, 4.69) is 10.3 Å². The first-order chi connectivity index (χ1) is 9.91. The zero-order valence-corrected chi connectivity index (χ0v) is 11.7. The topological polar surface area (TPSA) is 137 Å². The van der Waals surface area contributed by atoms with Gasteiger partial charge in [0.05, 0.1) is 6.61 Å². The van der Waals surface area contributed by atoms with E-state index in [-0.39, 0.29) is 12.1 Å². The van der Waals surface area contributed by atoms with Crippen LogP contribution in [0.5, 0.6) is 0 Å². The van der Waals surface area contributed by atoms with Gasteiger partial charge in [-0.05, 0) is 6.42 Å². The van der Waals surface area contributed by atoms with E-state index in [9.17, 15) is 24.9 Å². The molecule has 1 saturated heterocycles. The lowest BCUT2D eigenvalue weighted by atomic mass is 10.00. The normalized spacial score (nSPS) is 32.3. The Morgan fingerprint density at radius 3 is 2.62 bits per heavy atom. The predicted octanol–water partition coefficient (Wildman–Crippen LogP) is -2.25. The summed E-state index contributed by atoms with van der Waals surface area (Å²) < 4.78 is 6.57. The molecule has 0 bridgehead atoms. The minimum atomic E-state index is -1.56. The Labute approximate surface area is 119 Å². The number of nitrogens with zero attached hydrogens (tertiary/aromatic N) is 1. The average molecular weight is 301 g/mol. The molecule has 9 nitrogen and oxygen atoms in total. The van der Waals surface area contributed by atoms with Crippen molar-refractivity contribution in [2.45, 2.75) is 37.4 Å². The highest BCUT2D eigenvalue weighted by Gasteiger charge is 2.54. The minimum absolute atomic E-state index is 0.111. The molecule has 0 unspecified atom stereocenters. The van der Waals surface area contributed by atoms with Crippen LogP contribution < -0.4 is 16.6 Å². The first-order valence-corrected chi connectivity index (χ1v) is 6.60. The number of aliphatic hydroxyl groups excluding tert-OH is 3. The van der Waals surface area contributed by atoms with Crippen molar-refractivity contribution in [1.29, 1.82) is 0 Å². The molecule has 0 aromatic carbocycles. The van der Waals surface area contributed by atoms with Gasteiger partial charge in [0.2, 0.25) is 0 Å². The van der Waals surface area contributed by atoms with Gasteiger partial charge in [0.15, 0.2) is 5.72 Å². The molecule has 0 saturated carbocycles. The number of hydrogen-bond donors (Lipinski definition) is 5. The molecule has 0 radical (unpaired) electrons. The van der Waals surface area contributed by atoms with E-state index in [1.54, 1.807) is 6.92 Å². The molecular formula is C12H19N3O6. The van der Waals surface area contributed by atoms with Crippen molar-refractivity contribution in [3.05, 3.63) is 27.0 Å². The molecule has 5 N–H and O–H groups in total. The highest BCUT2D eigenvalue weighted by atomic mass is 16.6. The van der Waals surface area contributed by atoms with Gasteiger partial charge >= 0.3 is 5.69 Å². The van der Waals surface area contributed by atoms with Crippen LogP contribution in [0.2, 0.25) is 0 Å². The molecule has 1 aromatic heterocycles. The summed E-state index contributed by atoms with van der Waals surface area (Å²) in [5.41, 5.74) is -2.82. The third kappa shape index (κ3) is 2.27. The summed E-state index contributed by atoms with van der Waals surface area (Å²) >= 11 is 0. The molecule has 4 atom stereocenters. The Bertz CT molecular complexity index is 626. The maximum atomic E-state index is 12.1. The molecule has 1 fully saturated rings. The summed E-state index contributed by atoms with van der Waals surface area (Å²) in [6.07, 6.45) is -2.41. The Hall–Kier alpha value is -1.68. The van der Waals surface area contributed by atoms with E-state index in [4.69, 9.17) is 4.74 Å². The fraction of sp³-hybridized carbons (Fsp3) is 0.667. The fourth-order valence-electron chi connectivity index (χ4n) is 2.61. The monoisotopic (exact) mass is 301 g/mol.